The summed E-state index contributed by atoms with van der Waals surface area (Å²) in [6.07, 6.45) is -0.146. The minimum absolute atomic E-state index is 0.0322. The van der Waals surface area contributed by atoms with Gasteiger partial charge in [0.15, 0.2) is 0 Å². The number of carboxylic acid groups (broad SMARTS) is 1. The fraction of sp³-hybridized carbons (Fsp3) is 0.733. The number of thiol groups is 1. The van der Waals surface area contributed by atoms with Gasteiger partial charge in [0.1, 0.15) is 17.9 Å². The van der Waals surface area contributed by atoms with Crippen molar-refractivity contribution in [3.05, 3.63) is 0 Å². The Morgan fingerprint density at radius 2 is 1.62 bits per heavy atom. The Hall–Kier alpha value is -1.61. The van der Waals surface area contributed by atoms with Gasteiger partial charge in [-0.25, -0.2) is 0 Å². The summed E-state index contributed by atoms with van der Waals surface area (Å²) in [4.78, 5) is 44.4. The van der Waals surface area contributed by atoms with E-state index in [2.05, 4.69) is 23.3 Å². The van der Waals surface area contributed by atoms with Crippen LogP contribution in [0.15, 0.2) is 0 Å². The average Bonchev–Trinajstić information content (AvgIpc) is 2.58. The number of amides is 2. The van der Waals surface area contributed by atoms with E-state index in [9.17, 15) is 19.2 Å². The SMILES string of the molecule is CC.CC.CC(=O)CNC(=O)C(CS)NC(=O)CCC(N)C(=O)O. The van der Waals surface area contributed by atoms with Crippen LogP contribution in [0.25, 0.3) is 0 Å². The molecule has 5 N–H and O–H groups in total. The van der Waals surface area contributed by atoms with E-state index in [1.807, 2.05) is 27.7 Å². The van der Waals surface area contributed by atoms with Crippen LogP contribution < -0.4 is 16.4 Å². The van der Waals surface area contributed by atoms with Crippen molar-refractivity contribution in [2.24, 2.45) is 5.73 Å². The van der Waals surface area contributed by atoms with Gasteiger partial charge in [0.2, 0.25) is 11.8 Å². The Bertz CT molecular complexity index is 391. The van der Waals surface area contributed by atoms with Gasteiger partial charge in [0.05, 0.1) is 6.54 Å². The molecule has 0 saturated heterocycles. The Kier molecular flexibility index (Phi) is 20.1. The van der Waals surface area contributed by atoms with Crippen molar-refractivity contribution in [1.29, 1.82) is 0 Å². The standard InChI is InChI=1S/C11H19N3O5S.2C2H6/c1-6(15)4-13-10(17)8(5-20)14-9(16)3-2-7(12)11(18)19;2*1-2/h7-8,20H,2-5,12H2,1H3,(H,13,17)(H,14,16)(H,18,19);2*1-2H3. The monoisotopic (exact) mass is 365 g/mol. The van der Waals surface area contributed by atoms with Gasteiger partial charge in [-0.05, 0) is 13.3 Å². The molecule has 2 unspecified atom stereocenters. The van der Waals surface area contributed by atoms with Gasteiger partial charge in [0, 0.05) is 12.2 Å². The number of carboxylic acids is 1. The smallest absolute Gasteiger partial charge is 0.320 e. The lowest BCUT2D eigenvalue weighted by Gasteiger charge is -2.16. The van der Waals surface area contributed by atoms with Crippen molar-refractivity contribution in [3.8, 4) is 0 Å². The van der Waals surface area contributed by atoms with Crippen LogP contribution in [0.1, 0.15) is 47.5 Å². The second-order valence-corrected chi connectivity index (χ2v) is 4.57. The van der Waals surface area contributed by atoms with E-state index in [0.29, 0.717) is 0 Å². The molecule has 0 rings (SSSR count). The van der Waals surface area contributed by atoms with Gasteiger partial charge in [-0.1, -0.05) is 27.7 Å². The molecule has 0 aliphatic heterocycles. The fourth-order valence-corrected chi connectivity index (χ4v) is 1.46. The highest BCUT2D eigenvalue weighted by Crippen LogP contribution is 1.97. The average molecular weight is 365 g/mol. The quantitative estimate of drug-likeness (QED) is 0.374. The second-order valence-electron chi connectivity index (χ2n) is 4.21. The van der Waals surface area contributed by atoms with Crippen LogP contribution in [0, 0.1) is 0 Å². The van der Waals surface area contributed by atoms with E-state index < -0.39 is 29.9 Å². The fourth-order valence-electron chi connectivity index (χ4n) is 1.21. The highest BCUT2D eigenvalue weighted by atomic mass is 32.1. The molecule has 0 aromatic carbocycles. The molecule has 0 aromatic heterocycles. The number of hydrogen-bond acceptors (Lipinski definition) is 6. The predicted molar refractivity (Wildman–Crippen MR) is 97.0 cm³/mol. The summed E-state index contributed by atoms with van der Waals surface area (Å²) in [5.41, 5.74) is 5.26. The Balaban J connectivity index is -0.00000102. The summed E-state index contributed by atoms with van der Waals surface area (Å²) in [7, 11) is 0. The molecule has 24 heavy (non-hydrogen) atoms. The lowest BCUT2D eigenvalue weighted by atomic mass is 10.1. The van der Waals surface area contributed by atoms with E-state index in [1.165, 1.54) is 6.92 Å². The molecule has 0 bridgehead atoms. The van der Waals surface area contributed by atoms with Crippen molar-refractivity contribution >= 4 is 36.2 Å². The highest BCUT2D eigenvalue weighted by Gasteiger charge is 2.20. The summed E-state index contributed by atoms with van der Waals surface area (Å²) in [6, 6.07) is -2.01. The second kappa shape index (κ2) is 17.7. The minimum atomic E-state index is -1.19. The lowest BCUT2D eigenvalue weighted by Crippen LogP contribution is -2.49. The molecule has 2 amide bonds. The number of nitrogens with one attached hydrogen (secondary N) is 2. The number of aliphatic carboxylic acids is 1. The van der Waals surface area contributed by atoms with Crippen LogP contribution in [-0.2, 0) is 19.2 Å². The molecular formula is C15H31N3O5S. The number of hydrogen-bond donors (Lipinski definition) is 5. The van der Waals surface area contributed by atoms with Crippen LogP contribution in [0.5, 0.6) is 0 Å². The maximum atomic E-state index is 11.6. The predicted octanol–water partition coefficient (Wildman–Crippen LogP) is 0.351. The van der Waals surface area contributed by atoms with Crippen LogP contribution in [0.4, 0.5) is 0 Å². The molecule has 0 aromatic rings. The van der Waals surface area contributed by atoms with Crippen molar-refractivity contribution in [1.82, 2.24) is 10.6 Å². The van der Waals surface area contributed by atoms with E-state index >= 15 is 0 Å². The summed E-state index contributed by atoms with van der Waals surface area (Å²) < 4.78 is 0. The van der Waals surface area contributed by atoms with Gasteiger partial charge in [-0.2, -0.15) is 12.6 Å². The van der Waals surface area contributed by atoms with Gasteiger partial charge >= 0.3 is 5.97 Å². The van der Waals surface area contributed by atoms with E-state index in [-0.39, 0.29) is 30.9 Å². The van der Waals surface area contributed by atoms with Crippen molar-refractivity contribution in [2.75, 3.05) is 12.3 Å². The maximum absolute atomic E-state index is 11.6. The van der Waals surface area contributed by atoms with Crippen LogP contribution in [0.3, 0.4) is 0 Å². The van der Waals surface area contributed by atoms with Crippen LogP contribution >= 0.6 is 12.6 Å². The first-order chi connectivity index (χ1) is 11.3. The third-order valence-corrected chi connectivity index (χ3v) is 2.71. The van der Waals surface area contributed by atoms with Crippen LogP contribution in [-0.4, -0.2) is 53.1 Å². The Morgan fingerprint density at radius 1 is 1.12 bits per heavy atom. The van der Waals surface area contributed by atoms with E-state index in [0.717, 1.165) is 0 Å². The summed E-state index contributed by atoms with van der Waals surface area (Å²) in [5.74, 6) is -2.37. The zero-order chi connectivity index (χ0) is 19.7. The van der Waals surface area contributed by atoms with Gasteiger partial charge in [-0.15, -0.1) is 0 Å². The van der Waals surface area contributed by atoms with Crippen molar-refractivity contribution in [3.63, 3.8) is 0 Å². The Morgan fingerprint density at radius 3 is 2.00 bits per heavy atom. The van der Waals surface area contributed by atoms with E-state index in [1.54, 1.807) is 0 Å². The molecule has 0 saturated carbocycles. The molecule has 9 heteroatoms. The first kappa shape index (κ1) is 27.2. The highest BCUT2D eigenvalue weighted by molar-refractivity contribution is 7.80. The van der Waals surface area contributed by atoms with Gasteiger partial charge < -0.3 is 21.5 Å². The molecular weight excluding hydrogens is 334 g/mol. The Labute approximate surface area is 149 Å². The van der Waals surface area contributed by atoms with Crippen molar-refractivity contribution < 1.29 is 24.3 Å². The first-order valence-corrected chi connectivity index (χ1v) is 8.57. The van der Waals surface area contributed by atoms with Crippen molar-refractivity contribution in [2.45, 2.75) is 59.5 Å². The lowest BCUT2D eigenvalue weighted by molar-refractivity contribution is -0.138. The normalized spacial score (nSPS) is 11.5. The molecule has 0 fully saturated rings. The first-order valence-electron chi connectivity index (χ1n) is 7.93. The van der Waals surface area contributed by atoms with Gasteiger partial charge in [0.25, 0.3) is 0 Å². The zero-order valence-electron chi connectivity index (χ0n) is 15.1. The third kappa shape index (κ3) is 15.3. The zero-order valence-corrected chi connectivity index (χ0v) is 16.0. The number of rotatable bonds is 9. The molecule has 2 atom stereocenters. The molecule has 0 heterocycles. The summed E-state index contributed by atoms with van der Waals surface area (Å²) in [6.45, 7) is 9.20. The maximum Gasteiger partial charge on any atom is 0.320 e. The molecule has 0 aliphatic carbocycles. The number of ketones is 1. The largest absolute Gasteiger partial charge is 0.480 e. The third-order valence-electron chi connectivity index (χ3n) is 2.35. The van der Waals surface area contributed by atoms with E-state index in [4.69, 9.17) is 10.8 Å². The number of Topliss-reactive ketones (excluding diaryl/α,β-unsaturated/α-hetero) is 1. The minimum Gasteiger partial charge on any atom is -0.480 e. The number of nitrogens with two attached hydrogens (primary N) is 1. The number of carbonyl (C=O) groups excluding carboxylic acids is 3. The molecule has 142 valence electrons. The van der Waals surface area contributed by atoms with Crippen LogP contribution in [0.2, 0.25) is 0 Å². The number of carbonyl (C=O) groups is 4. The van der Waals surface area contributed by atoms with Gasteiger partial charge in [-0.3, -0.25) is 19.2 Å². The topological polar surface area (TPSA) is 139 Å². The summed E-state index contributed by atoms with van der Waals surface area (Å²) >= 11 is 3.94. The molecule has 8 nitrogen and oxygen atoms in total. The molecule has 0 radical (unpaired) electrons. The molecule has 0 spiro atoms. The molecule has 0 aliphatic rings. The summed E-state index contributed by atoms with van der Waals surface area (Å²) in [5, 5.41) is 13.3.